The fourth-order valence-electron chi connectivity index (χ4n) is 2.31. The molecule has 0 radical (unpaired) electrons. The largest absolute Gasteiger partial charge is 0.444 e. The molecule has 0 bridgehead atoms. The minimum Gasteiger partial charge on any atom is -0.427 e. The summed E-state index contributed by atoms with van der Waals surface area (Å²) in [5.74, 6) is -0.735. The van der Waals surface area contributed by atoms with Gasteiger partial charge in [-0.05, 0) is 36.4 Å². The molecule has 0 saturated carbocycles. The predicted molar refractivity (Wildman–Crippen MR) is 107 cm³/mol. The summed E-state index contributed by atoms with van der Waals surface area (Å²) in [4.78, 5) is 4.35. The molecule has 1 atom stereocenters. The van der Waals surface area contributed by atoms with E-state index in [1.165, 1.54) is 53.9 Å². The van der Waals surface area contributed by atoms with Crippen molar-refractivity contribution in [2.75, 3.05) is 5.32 Å². The molecule has 30 heavy (non-hydrogen) atoms. The molecule has 0 aliphatic heterocycles. The van der Waals surface area contributed by atoms with Gasteiger partial charge >= 0.3 is 6.11 Å². The Morgan fingerprint density at radius 2 is 1.93 bits per heavy atom. The van der Waals surface area contributed by atoms with Crippen LogP contribution in [0.15, 0.2) is 60.1 Å². The first kappa shape index (κ1) is 21.6. The third-order valence-electron chi connectivity index (χ3n) is 3.75. The van der Waals surface area contributed by atoms with Crippen molar-refractivity contribution in [1.29, 1.82) is 5.26 Å². The lowest BCUT2D eigenvalue weighted by Crippen LogP contribution is -2.33. The van der Waals surface area contributed by atoms with E-state index in [9.17, 15) is 22.8 Å². The monoisotopic (exact) mass is 453 g/mol. The molecule has 1 aromatic heterocycles. The number of hydrogen-bond donors (Lipinski definition) is 1. The molecule has 3 rings (SSSR count). The average molecular weight is 454 g/mol. The van der Waals surface area contributed by atoms with Crippen molar-refractivity contribution in [3.05, 3.63) is 70.9 Å². The van der Waals surface area contributed by atoms with Crippen molar-refractivity contribution in [3.8, 4) is 23.1 Å². The Kier molecular flexibility index (Phi) is 6.59. The predicted octanol–water partition coefficient (Wildman–Crippen LogP) is 6.43. The number of ether oxygens (including phenoxy) is 1. The van der Waals surface area contributed by atoms with Gasteiger partial charge < -0.3 is 10.1 Å². The normalized spacial score (nSPS) is 12.9. The van der Waals surface area contributed by atoms with E-state index in [2.05, 4.69) is 15.0 Å². The smallest absolute Gasteiger partial charge is 0.427 e. The topological polar surface area (TPSA) is 57.9 Å². The number of nitrogens with one attached hydrogen (secondary N) is 1. The van der Waals surface area contributed by atoms with E-state index in [-0.39, 0.29) is 22.8 Å². The molecule has 0 amide bonds. The lowest BCUT2D eigenvalue weighted by molar-refractivity contribution is -0.198. The highest BCUT2D eigenvalue weighted by molar-refractivity contribution is 7.11. The van der Waals surface area contributed by atoms with Gasteiger partial charge in [0.05, 0.1) is 11.4 Å². The summed E-state index contributed by atoms with van der Waals surface area (Å²) < 4.78 is 57.2. The first-order chi connectivity index (χ1) is 14.3. The third kappa shape index (κ3) is 5.09. The number of halogens is 5. The van der Waals surface area contributed by atoms with Gasteiger partial charge in [0, 0.05) is 17.1 Å². The van der Waals surface area contributed by atoms with Crippen LogP contribution in [0.1, 0.15) is 5.01 Å². The number of anilines is 1. The summed E-state index contributed by atoms with van der Waals surface area (Å²) in [6, 6.07) is 13.2. The summed E-state index contributed by atoms with van der Waals surface area (Å²) >= 11 is 6.00. The van der Waals surface area contributed by atoms with E-state index < -0.39 is 11.7 Å². The second-order valence-corrected chi connectivity index (χ2v) is 7.06. The van der Waals surface area contributed by atoms with Crippen molar-refractivity contribution in [2.24, 2.45) is 0 Å². The molecule has 3 aromatic rings. The Hall–Kier alpha value is -3.09. The molecule has 4 nitrogen and oxygen atoms in total. The number of alkyl halides is 4. The number of nitriles is 1. The summed E-state index contributed by atoms with van der Waals surface area (Å²) in [7, 11) is 0. The van der Waals surface area contributed by atoms with Crippen molar-refractivity contribution >= 4 is 34.2 Å². The van der Waals surface area contributed by atoms with E-state index in [0.717, 1.165) is 0 Å². The van der Waals surface area contributed by atoms with Gasteiger partial charge in [0.1, 0.15) is 28.2 Å². The van der Waals surface area contributed by atoms with Crippen LogP contribution in [-0.2, 0) is 0 Å². The van der Waals surface area contributed by atoms with Crippen LogP contribution >= 0.6 is 22.9 Å². The fourth-order valence-corrected chi connectivity index (χ4v) is 3.15. The molecule has 1 N–H and O–H groups in total. The molecule has 2 aromatic carbocycles. The second kappa shape index (κ2) is 9.15. The molecule has 10 heteroatoms. The van der Waals surface area contributed by atoms with Crippen molar-refractivity contribution in [3.63, 3.8) is 0 Å². The Morgan fingerprint density at radius 3 is 2.60 bits per heavy atom. The Balaban J connectivity index is 1.82. The average Bonchev–Trinajstić information content (AvgIpc) is 3.20. The van der Waals surface area contributed by atoms with Gasteiger partial charge in [-0.1, -0.05) is 23.7 Å². The van der Waals surface area contributed by atoms with Gasteiger partial charge in [0.25, 0.3) is 5.63 Å². The number of hydrogen-bond acceptors (Lipinski definition) is 5. The first-order valence-electron chi connectivity index (χ1n) is 8.33. The van der Waals surface area contributed by atoms with Gasteiger partial charge in [0.15, 0.2) is 0 Å². The molecule has 1 heterocycles. The van der Waals surface area contributed by atoms with Crippen LogP contribution in [-0.4, -0.2) is 16.7 Å². The number of nitrogens with zero attached hydrogens (tertiary/aromatic N) is 2. The zero-order valence-electron chi connectivity index (χ0n) is 15.0. The molecular formula is C20H12ClF4N3OS. The molecule has 0 unspecified atom stereocenters. The lowest BCUT2D eigenvalue weighted by Gasteiger charge is -2.19. The Morgan fingerprint density at radius 1 is 1.23 bits per heavy atom. The Labute approximate surface area is 178 Å². The molecule has 0 spiro atoms. The maximum Gasteiger partial charge on any atom is 0.444 e. The third-order valence-corrected chi connectivity index (χ3v) is 4.88. The lowest BCUT2D eigenvalue weighted by atomic mass is 10.2. The highest BCUT2D eigenvalue weighted by atomic mass is 35.5. The first-order valence-corrected chi connectivity index (χ1v) is 9.64. The van der Waals surface area contributed by atoms with Gasteiger partial charge in [-0.15, -0.1) is 11.3 Å². The summed E-state index contributed by atoms with van der Waals surface area (Å²) in [5, 5.41) is 14.2. The Bertz CT molecular complexity index is 1090. The minimum absolute atomic E-state index is 0.0672. The molecule has 0 saturated heterocycles. The quantitative estimate of drug-likeness (QED) is 0.254. The van der Waals surface area contributed by atoms with Crippen LogP contribution in [0.2, 0.25) is 0 Å². The molecule has 154 valence electrons. The second-order valence-electron chi connectivity index (χ2n) is 5.82. The van der Waals surface area contributed by atoms with Crippen molar-refractivity contribution in [1.82, 2.24) is 4.98 Å². The standard InChI is InChI=1S/C20H12ClF4N3OS/c21-19(23)20(24,25)29-17-4-2-1-3-15(17)27-10-13(9-26)18-28-16(11-30-18)12-5-7-14(22)8-6-12/h1-8,10-11,19,27H/b13-10+/t19-/m1/s1. The highest BCUT2D eigenvalue weighted by Gasteiger charge is 2.42. The zero-order valence-corrected chi connectivity index (χ0v) is 16.5. The van der Waals surface area contributed by atoms with Gasteiger partial charge in [0.2, 0.25) is 0 Å². The SMILES string of the molecule is N#C/C(=C\Nc1ccccc1OC(F)(F)[C@@H](F)Cl)c1nc(-c2ccc(F)cc2)cs1. The van der Waals surface area contributed by atoms with Crippen molar-refractivity contribution < 1.29 is 22.3 Å². The molecular weight excluding hydrogens is 442 g/mol. The maximum absolute atomic E-state index is 13.5. The van der Waals surface area contributed by atoms with Gasteiger partial charge in [-0.3, -0.25) is 0 Å². The fraction of sp³-hybridized carbons (Fsp3) is 0.100. The van der Waals surface area contributed by atoms with Crippen LogP contribution in [0.5, 0.6) is 5.75 Å². The number of allylic oxidation sites excluding steroid dienone is 1. The van der Waals surface area contributed by atoms with E-state index >= 15 is 0 Å². The number of para-hydroxylation sites is 2. The van der Waals surface area contributed by atoms with Gasteiger partial charge in [-0.2, -0.15) is 14.0 Å². The van der Waals surface area contributed by atoms with Crippen LogP contribution in [0.3, 0.4) is 0 Å². The number of benzene rings is 2. The number of thiazole rings is 1. The molecule has 0 fully saturated rings. The van der Waals surface area contributed by atoms with Crippen LogP contribution in [0.4, 0.5) is 23.2 Å². The maximum atomic E-state index is 13.5. The summed E-state index contributed by atoms with van der Waals surface area (Å²) in [6.45, 7) is 0. The molecule has 0 aliphatic carbocycles. The minimum atomic E-state index is -4.24. The van der Waals surface area contributed by atoms with Crippen molar-refractivity contribution in [2.45, 2.75) is 11.7 Å². The summed E-state index contributed by atoms with van der Waals surface area (Å²) in [5.41, 5.74) is -1.62. The molecule has 0 aliphatic rings. The van der Waals surface area contributed by atoms with Crippen LogP contribution < -0.4 is 10.1 Å². The van der Waals surface area contributed by atoms with E-state index in [1.807, 2.05) is 6.07 Å². The zero-order chi connectivity index (χ0) is 21.7. The van der Waals surface area contributed by atoms with Crippen LogP contribution in [0, 0.1) is 17.1 Å². The number of rotatable bonds is 7. The van der Waals surface area contributed by atoms with E-state index in [4.69, 9.17) is 11.6 Å². The number of aromatic nitrogens is 1. The van der Waals surface area contributed by atoms with E-state index in [0.29, 0.717) is 16.3 Å². The highest BCUT2D eigenvalue weighted by Crippen LogP contribution is 2.34. The summed E-state index contributed by atoms with van der Waals surface area (Å²) in [6.07, 6.45) is -2.97. The van der Waals surface area contributed by atoms with Gasteiger partial charge in [-0.25, -0.2) is 13.8 Å². The van der Waals surface area contributed by atoms with Crippen LogP contribution in [0.25, 0.3) is 16.8 Å². The van der Waals surface area contributed by atoms with E-state index in [1.54, 1.807) is 17.5 Å².